The van der Waals surface area contributed by atoms with Gasteiger partial charge < -0.3 is 5.73 Å². The van der Waals surface area contributed by atoms with Crippen LogP contribution in [0.3, 0.4) is 0 Å². The molecule has 2 N–H and O–H groups in total. The normalized spacial score (nSPS) is 12.9. The van der Waals surface area contributed by atoms with E-state index in [2.05, 4.69) is 38.1 Å². The standard InChI is InChI=1S/C15H19N/c1-3-11(2)10-12-8-9-15(16)14-7-5-4-6-13(12)14/h4-9,11H,3,10,16H2,1-2H3. The van der Waals surface area contributed by atoms with Gasteiger partial charge in [0.25, 0.3) is 0 Å². The number of nitrogen functional groups attached to an aromatic ring is 1. The van der Waals surface area contributed by atoms with Crippen LogP contribution in [0, 0.1) is 5.92 Å². The van der Waals surface area contributed by atoms with Gasteiger partial charge in [-0.25, -0.2) is 0 Å². The van der Waals surface area contributed by atoms with Crippen molar-refractivity contribution in [3.63, 3.8) is 0 Å². The van der Waals surface area contributed by atoms with Gasteiger partial charge in [-0.2, -0.15) is 0 Å². The second-order valence-electron chi connectivity index (χ2n) is 4.58. The molecule has 0 aliphatic heterocycles. The van der Waals surface area contributed by atoms with Gasteiger partial charge in [-0.3, -0.25) is 0 Å². The van der Waals surface area contributed by atoms with E-state index >= 15 is 0 Å². The first kappa shape index (κ1) is 11.0. The number of benzene rings is 2. The Morgan fingerprint density at radius 3 is 2.44 bits per heavy atom. The zero-order valence-corrected chi connectivity index (χ0v) is 10.0. The highest BCUT2D eigenvalue weighted by Gasteiger charge is 2.06. The third-order valence-electron chi connectivity index (χ3n) is 3.31. The molecule has 0 amide bonds. The van der Waals surface area contributed by atoms with Crippen molar-refractivity contribution in [3.8, 4) is 0 Å². The Bertz CT molecular complexity index is 488. The molecule has 0 bridgehead atoms. The summed E-state index contributed by atoms with van der Waals surface area (Å²) in [6, 6.07) is 12.6. The van der Waals surface area contributed by atoms with Gasteiger partial charge in [0, 0.05) is 11.1 Å². The van der Waals surface area contributed by atoms with Crippen LogP contribution in [-0.2, 0) is 6.42 Å². The summed E-state index contributed by atoms with van der Waals surface area (Å²) in [5.41, 5.74) is 8.28. The summed E-state index contributed by atoms with van der Waals surface area (Å²) in [5.74, 6) is 0.729. The predicted molar refractivity (Wildman–Crippen MR) is 71.5 cm³/mol. The molecule has 84 valence electrons. The molecule has 1 nitrogen and oxygen atoms in total. The van der Waals surface area contributed by atoms with Crippen molar-refractivity contribution in [2.75, 3.05) is 5.73 Å². The highest BCUT2D eigenvalue weighted by atomic mass is 14.5. The molecular formula is C15H19N. The summed E-state index contributed by atoms with van der Waals surface area (Å²) in [5, 5.41) is 2.49. The predicted octanol–water partition coefficient (Wildman–Crippen LogP) is 4.01. The molecule has 1 unspecified atom stereocenters. The fraction of sp³-hybridized carbons (Fsp3) is 0.333. The van der Waals surface area contributed by atoms with Crippen LogP contribution < -0.4 is 5.73 Å². The fourth-order valence-corrected chi connectivity index (χ4v) is 2.08. The number of hydrogen-bond donors (Lipinski definition) is 1. The average Bonchev–Trinajstić information content (AvgIpc) is 2.33. The molecule has 1 atom stereocenters. The molecule has 2 aromatic carbocycles. The molecule has 16 heavy (non-hydrogen) atoms. The van der Waals surface area contributed by atoms with Crippen LogP contribution in [0.25, 0.3) is 10.8 Å². The maximum Gasteiger partial charge on any atom is 0.0393 e. The van der Waals surface area contributed by atoms with Crippen LogP contribution in [-0.4, -0.2) is 0 Å². The zero-order chi connectivity index (χ0) is 11.5. The molecule has 2 aromatic rings. The second kappa shape index (κ2) is 4.56. The first-order valence-electron chi connectivity index (χ1n) is 5.98. The van der Waals surface area contributed by atoms with Gasteiger partial charge >= 0.3 is 0 Å². The van der Waals surface area contributed by atoms with Crippen molar-refractivity contribution in [3.05, 3.63) is 42.0 Å². The number of rotatable bonds is 3. The third kappa shape index (κ3) is 2.04. The molecular weight excluding hydrogens is 194 g/mol. The Balaban J connectivity index is 2.50. The Hall–Kier alpha value is -1.50. The monoisotopic (exact) mass is 213 g/mol. The minimum absolute atomic E-state index is 0.729. The lowest BCUT2D eigenvalue weighted by Gasteiger charge is -2.12. The van der Waals surface area contributed by atoms with Crippen molar-refractivity contribution in [2.24, 2.45) is 5.92 Å². The number of hydrogen-bond acceptors (Lipinski definition) is 1. The molecule has 1 heteroatoms. The molecule has 0 aliphatic rings. The lowest BCUT2D eigenvalue weighted by molar-refractivity contribution is 0.562. The molecule has 0 heterocycles. The van der Waals surface area contributed by atoms with Gasteiger partial charge in [0.15, 0.2) is 0 Å². The SMILES string of the molecule is CCC(C)Cc1ccc(N)c2ccccc12. The van der Waals surface area contributed by atoms with E-state index in [1.165, 1.54) is 22.8 Å². The van der Waals surface area contributed by atoms with E-state index in [-0.39, 0.29) is 0 Å². The lowest BCUT2D eigenvalue weighted by atomic mass is 9.94. The van der Waals surface area contributed by atoms with Crippen LogP contribution in [0.2, 0.25) is 0 Å². The van der Waals surface area contributed by atoms with Crippen molar-refractivity contribution in [2.45, 2.75) is 26.7 Å². The summed E-state index contributed by atoms with van der Waals surface area (Å²) in [6.45, 7) is 4.54. The smallest absolute Gasteiger partial charge is 0.0393 e. The fourth-order valence-electron chi connectivity index (χ4n) is 2.08. The largest absolute Gasteiger partial charge is 0.398 e. The summed E-state index contributed by atoms with van der Waals surface area (Å²) >= 11 is 0. The van der Waals surface area contributed by atoms with Gasteiger partial charge in [-0.15, -0.1) is 0 Å². The van der Waals surface area contributed by atoms with Gasteiger partial charge in [-0.1, -0.05) is 50.6 Å². The molecule has 0 saturated carbocycles. The van der Waals surface area contributed by atoms with Crippen molar-refractivity contribution in [1.29, 1.82) is 0 Å². The van der Waals surface area contributed by atoms with Gasteiger partial charge in [-0.05, 0) is 29.4 Å². The molecule has 0 aliphatic carbocycles. The summed E-state index contributed by atoms with van der Waals surface area (Å²) < 4.78 is 0. The summed E-state index contributed by atoms with van der Waals surface area (Å²) in [7, 11) is 0. The Kier molecular flexibility index (Phi) is 3.14. The van der Waals surface area contributed by atoms with E-state index in [1.54, 1.807) is 0 Å². The van der Waals surface area contributed by atoms with Crippen LogP contribution in [0.5, 0.6) is 0 Å². The highest BCUT2D eigenvalue weighted by molar-refractivity contribution is 5.95. The summed E-state index contributed by atoms with van der Waals surface area (Å²) in [6.07, 6.45) is 2.36. The lowest BCUT2D eigenvalue weighted by Crippen LogP contribution is -1.99. The van der Waals surface area contributed by atoms with Crippen molar-refractivity contribution in [1.82, 2.24) is 0 Å². The van der Waals surface area contributed by atoms with Gasteiger partial charge in [0.2, 0.25) is 0 Å². The molecule has 0 fully saturated rings. The number of nitrogens with two attached hydrogens (primary N) is 1. The number of anilines is 1. The van der Waals surface area contributed by atoms with Crippen LogP contribution in [0.15, 0.2) is 36.4 Å². The molecule has 0 radical (unpaired) electrons. The third-order valence-corrected chi connectivity index (χ3v) is 3.31. The van der Waals surface area contributed by atoms with E-state index < -0.39 is 0 Å². The first-order valence-corrected chi connectivity index (χ1v) is 5.98. The van der Waals surface area contributed by atoms with E-state index in [9.17, 15) is 0 Å². The quantitative estimate of drug-likeness (QED) is 0.766. The molecule has 2 rings (SSSR count). The highest BCUT2D eigenvalue weighted by Crippen LogP contribution is 2.26. The van der Waals surface area contributed by atoms with E-state index in [1.807, 2.05) is 12.1 Å². The maximum atomic E-state index is 5.99. The van der Waals surface area contributed by atoms with Gasteiger partial charge in [0.05, 0.1) is 0 Å². The van der Waals surface area contributed by atoms with Crippen LogP contribution in [0.1, 0.15) is 25.8 Å². The molecule has 0 spiro atoms. The Morgan fingerprint density at radius 2 is 1.75 bits per heavy atom. The molecule has 0 saturated heterocycles. The topological polar surface area (TPSA) is 26.0 Å². The summed E-state index contributed by atoms with van der Waals surface area (Å²) in [4.78, 5) is 0. The first-order chi connectivity index (χ1) is 7.72. The van der Waals surface area contributed by atoms with E-state index in [4.69, 9.17) is 5.73 Å². The molecule has 0 aromatic heterocycles. The van der Waals surface area contributed by atoms with Crippen molar-refractivity contribution < 1.29 is 0 Å². The van der Waals surface area contributed by atoms with Crippen LogP contribution >= 0.6 is 0 Å². The average molecular weight is 213 g/mol. The van der Waals surface area contributed by atoms with E-state index in [0.717, 1.165) is 18.0 Å². The van der Waals surface area contributed by atoms with Crippen LogP contribution in [0.4, 0.5) is 5.69 Å². The Morgan fingerprint density at radius 1 is 1.06 bits per heavy atom. The maximum absolute atomic E-state index is 5.99. The van der Waals surface area contributed by atoms with E-state index in [0.29, 0.717) is 0 Å². The minimum Gasteiger partial charge on any atom is -0.398 e. The number of fused-ring (bicyclic) bond motifs is 1. The van der Waals surface area contributed by atoms with Gasteiger partial charge in [0.1, 0.15) is 0 Å². The van der Waals surface area contributed by atoms with Crippen molar-refractivity contribution >= 4 is 16.5 Å². The minimum atomic E-state index is 0.729. The zero-order valence-electron chi connectivity index (χ0n) is 10.0. The Labute approximate surface area is 97.3 Å². The second-order valence-corrected chi connectivity index (χ2v) is 4.58.